The second-order valence-electron chi connectivity index (χ2n) is 4.35. The summed E-state index contributed by atoms with van der Waals surface area (Å²) < 4.78 is 10.6. The summed E-state index contributed by atoms with van der Waals surface area (Å²) in [6.45, 7) is 5.14. The number of benzene rings is 1. The van der Waals surface area contributed by atoms with Crippen LogP contribution in [-0.4, -0.2) is 58.5 Å². The molecule has 0 bridgehead atoms. The Morgan fingerprint density at radius 1 is 1.21 bits per heavy atom. The Hall–Kier alpha value is -0.810. The Kier molecular flexibility index (Phi) is 8.58. The third-order valence-electron chi connectivity index (χ3n) is 2.69. The molecule has 1 rings (SSSR count). The van der Waals surface area contributed by atoms with E-state index in [4.69, 9.17) is 21.1 Å². The molecule has 108 valence electrons. The molecule has 0 aliphatic carbocycles. The van der Waals surface area contributed by atoms with Crippen LogP contribution in [0.15, 0.2) is 24.3 Å². The summed E-state index contributed by atoms with van der Waals surface area (Å²) in [7, 11) is 3.79. The van der Waals surface area contributed by atoms with Gasteiger partial charge in [0, 0.05) is 38.3 Å². The summed E-state index contributed by atoms with van der Waals surface area (Å²) in [6, 6.07) is 7.47. The van der Waals surface area contributed by atoms with Crippen LogP contribution in [0.25, 0.3) is 0 Å². The molecular weight excluding hydrogens is 264 g/mol. The Labute approximate surface area is 120 Å². The number of ether oxygens (including phenoxy) is 2. The quantitative estimate of drug-likeness (QED) is 0.666. The Bertz CT molecular complexity index is 350. The lowest BCUT2D eigenvalue weighted by atomic mass is 10.3. The van der Waals surface area contributed by atoms with Crippen molar-refractivity contribution in [1.29, 1.82) is 0 Å². The Balaban J connectivity index is 2.05. The normalized spacial score (nSPS) is 10.9. The molecule has 1 aromatic rings. The van der Waals surface area contributed by atoms with E-state index in [1.165, 1.54) is 0 Å². The molecule has 5 heteroatoms. The first-order valence-corrected chi connectivity index (χ1v) is 6.86. The molecule has 0 unspecified atom stereocenters. The highest BCUT2D eigenvalue weighted by Crippen LogP contribution is 2.16. The fourth-order valence-electron chi connectivity index (χ4n) is 1.56. The standard InChI is InChI=1S/C14H23ClN2O2/c1-17(8-6-16-7-10-18-2)9-11-19-14-5-3-4-13(15)12-14/h3-5,12,16H,6-11H2,1-2H3. The van der Waals surface area contributed by atoms with Crippen LogP contribution in [-0.2, 0) is 4.74 Å². The third-order valence-corrected chi connectivity index (χ3v) is 2.93. The zero-order valence-corrected chi connectivity index (χ0v) is 12.4. The van der Waals surface area contributed by atoms with Crippen molar-refractivity contribution in [1.82, 2.24) is 10.2 Å². The second-order valence-corrected chi connectivity index (χ2v) is 4.79. The Morgan fingerprint density at radius 2 is 2.05 bits per heavy atom. The van der Waals surface area contributed by atoms with Crippen molar-refractivity contribution in [3.8, 4) is 5.75 Å². The van der Waals surface area contributed by atoms with Crippen LogP contribution in [0.4, 0.5) is 0 Å². The summed E-state index contributed by atoms with van der Waals surface area (Å²) in [6.07, 6.45) is 0. The minimum atomic E-state index is 0.662. The molecule has 0 atom stereocenters. The molecule has 0 amide bonds. The molecule has 1 aromatic carbocycles. The van der Waals surface area contributed by atoms with E-state index >= 15 is 0 Å². The summed E-state index contributed by atoms with van der Waals surface area (Å²) in [5, 5.41) is 4.01. The number of likely N-dealkylation sites (N-methyl/N-ethyl adjacent to an activating group) is 1. The minimum Gasteiger partial charge on any atom is -0.492 e. The van der Waals surface area contributed by atoms with Crippen LogP contribution in [0.1, 0.15) is 0 Å². The summed E-state index contributed by atoms with van der Waals surface area (Å²) in [5.74, 6) is 0.819. The minimum absolute atomic E-state index is 0.662. The molecule has 0 aliphatic heterocycles. The van der Waals surface area contributed by atoms with Crippen molar-refractivity contribution in [3.05, 3.63) is 29.3 Å². The maximum Gasteiger partial charge on any atom is 0.120 e. The predicted molar refractivity (Wildman–Crippen MR) is 79.2 cm³/mol. The first-order valence-electron chi connectivity index (χ1n) is 6.49. The average Bonchev–Trinajstić information content (AvgIpc) is 2.38. The average molecular weight is 287 g/mol. The summed E-state index contributed by atoms with van der Waals surface area (Å²) in [4.78, 5) is 2.23. The lowest BCUT2D eigenvalue weighted by molar-refractivity contribution is 0.196. The van der Waals surface area contributed by atoms with Gasteiger partial charge < -0.3 is 19.7 Å². The van der Waals surface area contributed by atoms with Crippen LogP contribution < -0.4 is 10.1 Å². The van der Waals surface area contributed by atoms with Crippen molar-refractivity contribution in [2.75, 3.05) is 53.6 Å². The fourth-order valence-corrected chi connectivity index (χ4v) is 1.74. The van der Waals surface area contributed by atoms with Crippen molar-refractivity contribution < 1.29 is 9.47 Å². The highest BCUT2D eigenvalue weighted by atomic mass is 35.5. The van der Waals surface area contributed by atoms with Crippen LogP contribution in [0.5, 0.6) is 5.75 Å². The maximum atomic E-state index is 5.89. The highest BCUT2D eigenvalue weighted by molar-refractivity contribution is 6.30. The lowest BCUT2D eigenvalue weighted by Crippen LogP contribution is -2.33. The first-order chi connectivity index (χ1) is 9.22. The first kappa shape index (κ1) is 16.2. The second kappa shape index (κ2) is 10.0. The van der Waals surface area contributed by atoms with Gasteiger partial charge >= 0.3 is 0 Å². The molecule has 19 heavy (non-hydrogen) atoms. The number of nitrogens with one attached hydrogen (secondary N) is 1. The molecule has 1 N–H and O–H groups in total. The van der Waals surface area contributed by atoms with Gasteiger partial charge in [-0.25, -0.2) is 0 Å². The van der Waals surface area contributed by atoms with E-state index in [1.54, 1.807) is 7.11 Å². The van der Waals surface area contributed by atoms with Gasteiger partial charge in [0.05, 0.1) is 6.61 Å². The lowest BCUT2D eigenvalue weighted by Gasteiger charge is -2.17. The molecule has 4 nitrogen and oxygen atoms in total. The molecule has 0 heterocycles. The number of halogens is 1. The summed E-state index contributed by atoms with van der Waals surface area (Å²) in [5.41, 5.74) is 0. The molecule has 0 radical (unpaired) electrons. The van der Waals surface area contributed by atoms with Crippen molar-refractivity contribution in [2.45, 2.75) is 0 Å². The van der Waals surface area contributed by atoms with Crippen LogP contribution in [0.3, 0.4) is 0 Å². The number of methoxy groups -OCH3 is 1. The van der Waals surface area contributed by atoms with Gasteiger partial charge in [-0.1, -0.05) is 17.7 Å². The van der Waals surface area contributed by atoms with Crippen molar-refractivity contribution >= 4 is 11.6 Å². The van der Waals surface area contributed by atoms with Crippen molar-refractivity contribution in [3.63, 3.8) is 0 Å². The van der Waals surface area contributed by atoms with E-state index in [1.807, 2.05) is 24.3 Å². The number of hydrogen-bond acceptors (Lipinski definition) is 4. The maximum absolute atomic E-state index is 5.89. The largest absolute Gasteiger partial charge is 0.492 e. The van der Waals surface area contributed by atoms with Gasteiger partial charge in [-0.2, -0.15) is 0 Å². The number of nitrogens with zero attached hydrogens (tertiary/aromatic N) is 1. The van der Waals surface area contributed by atoms with Gasteiger partial charge in [-0.3, -0.25) is 0 Å². The van der Waals surface area contributed by atoms with E-state index in [-0.39, 0.29) is 0 Å². The SMILES string of the molecule is COCCNCCN(C)CCOc1cccc(Cl)c1. The van der Waals surface area contributed by atoms with Crippen LogP contribution in [0.2, 0.25) is 5.02 Å². The van der Waals surface area contributed by atoms with E-state index in [0.29, 0.717) is 11.6 Å². The van der Waals surface area contributed by atoms with Crippen LogP contribution >= 0.6 is 11.6 Å². The molecule has 0 saturated heterocycles. The molecule has 0 aromatic heterocycles. The van der Waals surface area contributed by atoms with E-state index in [0.717, 1.165) is 38.5 Å². The monoisotopic (exact) mass is 286 g/mol. The van der Waals surface area contributed by atoms with E-state index in [9.17, 15) is 0 Å². The van der Waals surface area contributed by atoms with E-state index in [2.05, 4.69) is 17.3 Å². The highest BCUT2D eigenvalue weighted by Gasteiger charge is 1.99. The smallest absolute Gasteiger partial charge is 0.120 e. The Morgan fingerprint density at radius 3 is 2.79 bits per heavy atom. The molecule has 0 aliphatic rings. The topological polar surface area (TPSA) is 33.7 Å². The zero-order valence-electron chi connectivity index (χ0n) is 11.7. The van der Waals surface area contributed by atoms with Gasteiger partial charge in [-0.15, -0.1) is 0 Å². The summed E-state index contributed by atoms with van der Waals surface area (Å²) >= 11 is 5.89. The number of hydrogen-bond donors (Lipinski definition) is 1. The van der Waals surface area contributed by atoms with Gasteiger partial charge in [0.2, 0.25) is 0 Å². The number of rotatable bonds is 10. The van der Waals surface area contributed by atoms with Crippen molar-refractivity contribution in [2.24, 2.45) is 0 Å². The van der Waals surface area contributed by atoms with Crippen LogP contribution in [0, 0.1) is 0 Å². The molecular formula is C14H23ClN2O2. The molecule has 0 spiro atoms. The van der Waals surface area contributed by atoms with E-state index < -0.39 is 0 Å². The van der Waals surface area contributed by atoms with Gasteiger partial charge in [0.15, 0.2) is 0 Å². The predicted octanol–water partition coefficient (Wildman–Crippen LogP) is 1.89. The zero-order chi connectivity index (χ0) is 13.9. The third kappa shape index (κ3) is 8.06. The van der Waals surface area contributed by atoms with Gasteiger partial charge in [-0.05, 0) is 25.2 Å². The fraction of sp³-hybridized carbons (Fsp3) is 0.571. The van der Waals surface area contributed by atoms with Gasteiger partial charge in [0.1, 0.15) is 12.4 Å². The van der Waals surface area contributed by atoms with Gasteiger partial charge in [0.25, 0.3) is 0 Å². The molecule has 0 fully saturated rings. The molecule has 0 saturated carbocycles.